The molecule has 1 aromatic heterocycles. The fourth-order valence-electron chi connectivity index (χ4n) is 0.337. The lowest BCUT2D eigenvalue weighted by Gasteiger charge is -1.76. The minimum atomic E-state index is 0. The van der Waals surface area contributed by atoms with Crippen LogP contribution in [-0.2, 0) is 7.05 Å². The Balaban J connectivity index is 0.000000490. The SMILES string of the molecule is Cn1sccc1=O.O. The van der Waals surface area contributed by atoms with Crippen LogP contribution in [0.5, 0.6) is 0 Å². The van der Waals surface area contributed by atoms with E-state index in [0.29, 0.717) is 0 Å². The molecule has 0 spiro atoms. The molecule has 3 nitrogen and oxygen atoms in total. The Morgan fingerprint density at radius 3 is 2.50 bits per heavy atom. The zero-order valence-electron chi connectivity index (χ0n) is 4.42. The Labute approximate surface area is 50.6 Å². The highest BCUT2D eigenvalue weighted by atomic mass is 32.1. The first-order valence-corrected chi connectivity index (χ1v) is 2.75. The molecule has 4 heteroatoms. The third-order valence-corrected chi connectivity index (χ3v) is 1.49. The summed E-state index contributed by atoms with van der Waals surface area (Å²) in [5.74, 6) is 0. The summed E-state index contributed by atoms with van der Waals surface area (Å²) in [6.07, 6.45) is 0. The molecule has 0 radical (unpaired) electrons. The van der Waals surface area contributed by atoms with Gasteiger partial charge in [-0.05, 0) is 0 Å². The van der Waals surface area contributed by atoms with Gasteiger partial charge in [-0.1, -0.05) is 11.5 Å². The fourth-order valence-corrected chi connectivity index (χ4v) is 0.861. The fraction of sp³-hybridized carbons (Fsp3) is 0.250. The quantitative estimate of drug-likeness (QED) is 0.476. The predicted octanol–water partition coefficient (Wildman–Crippen LogP) is -0.378. The van der Waals surface area contributed by atoms with E-state index in [1.165, 1.54) is 11.5 Å². The van der Waals surface area contributed by atoms with Crippen LogP contribution in [0.3, 0.4) is 0 Å². The van der Waals surface area contributed by atoms with E-state index in [1.54, 1.807) is 22.5 Å². The molecule has 0 aliphatic carbocycles. The van der Waals surface area contributed by atoms with Gasteiger partial charge in [0.1, 0.15) is 0 Å². The number of hydrogen-bond donors (Lipinski definition) is 0. The smallest absolute Gasteiger partial charge is 0.260 e. The van der Waals surface area contributed by atoms with Crippen molar-refractivity contribution in [3.8, 4) is 0 Å². The lowest BCUT2D eigenvalue weighted by Crippen LogP contribution is -2.05. The van der Waals surface area contributed by atoms with Gasteiger partial charge in [0.15, 0.2) is 0 Å². The maximum atomic E-state index is 10.4. The van der Waals surface area contributed by atoms with E-state index in [0.717, 1.165) is 0 Å². The van der Waals surface area contributed by atoms with Crippen LogP contribution in [0.2, 0.25) is 0 Å². The van der Waals surface area contributed by atoms with Crippen molar-refractivity contribution in [1.29, 1.82) is 0 Å². The summed E-state index contributed by atoms with van der Waals surface area (Å²) in [5, 5.41) is 1.77. The molecule has 0 aromatic carbocycles. The zero-order valence-corrected chi connectivity index (χ0v) is 5.23. The first-order valence-electron chi connectivity index (χ1n) is 1.92. The van der Waals surface area contributed by atoms with Gasteiger partial charge in [0.25, 0.3) is 5.56 Å². The summed E-state index contributed by atoms with van der Waals surface area (Å²) in [6.45, 7) is 0. The van der Waals surface area contributed by atoms with Crippen LogP contribution >= 0.6 is 11.5 Å². The average Bonchev–Trinajstić information content (AvgIpc) is 1.91. The Morgan fingerprint density at radius 2 is 2.38 bits per heavy atom. The monoisotopic (exact) mass is 133 g/mol. The second kappa shape index (κ2) is 2.64. The average molecular weight is 133 g/mol. The minimum Gasteiger partial charge on any atom is -0.412 e. The van der Waals surface area contributed by atoms with E-state index in [4.69, 9.17) is 0 Å². The van der Waals surface area contributed by atoms with Crippen LogP contribution in [-0.4, -0.2) is 9.43 Å². The van der Waals surface area contributed by atoms with Crippen molar-refractivity contribution in [1.82, 2.24) is 3.96 Å². The third kappa shape index (κ3) is 1.18. The van der Waals surface area contributed by atoms with Crippen LogP contribution < -0.4 is 5.56 Å². The van der Waals surface area contributed by atoms with Gasteiger partial charge in [0.05, 0.1) is 0 Å². The molecule has 1 rings (SSSR count). The number of rotatable bonds is 0. The molecule has 46 valence electrons. The van der Waals surface area contributed by atoms with Crippen molar-refractivity contribution in [3.63, 3.8) is 0 Å². The van der Waals surface area contributed by atoms with Crippen LogP contribution in [0.15, 0.2) is 16.2 Å². The molecule has 2 N–H and O–H groups in total. The molecule has 0 amide bonds. The van der Waals surface area contributed by atoms with Gasteiger partial charge in [-0.25, -0.2) is 0 Å². The molecule has 0 saturated carbocycles. The molecular formula is C4H7NO2S. The van der Waals surface area contributed by atoms with Crippen LogP contribution in [0.1, 0.15) is 0 Å². The minimum absolute atomic E-state index is 0. The Morgan fingerprint density at radius 1 is 1.75 bits per heavy atom. The molecule has 0 saturated heterocycles. The summed E-state index contributed by atoms with van der Waals surface area (Å²) in [6, 6.07) is 1.55. The second-order valence-corrected chi connectivity index (χ2v) is 2.27. The maximum Gasteiger partial charge on any atom is 0.260 e. The van der Waals surface area contributed by atoms with E-state index in [-0.39, 0.29) is 11.0 Å². The molecule has 1 heterocycles. The van der Waals surface area contributed by atoms with E-state index in [1.807, 2.05) is 0 Å². The largest absolute Gasteiger partial charge is 0.412 e. The molecule has 0 aliphatic rings. The van der Waals surface area contributed by atoms with E-state index in [9.17, 15) is 4.79 Å². The lowest BCUT2D eigenvalue weighted by molar-refractivity contribution is 0.824. The van der Waals surface area contributed by atoms with Crippen molar-refractivity contribution in [2.45, 2.75) is 0 Å². The van der Waals surface area contributed by atoms with Crippen LogP contribution in [0, 0.1) is 0 Å². The predicted molar refractivity (Wildman–Crippen MR) is 33.2 cm³/mol. The summed E-state index contributed by atoms with van der Waals surface area (Å²) in [7, 11) is 1.74. The molecule has 0 atom stereocenters. The highest BCUT2D eigenvalue weighted by Crippen LogP contribution is 1.84. The first kappa shape index (κ1) is 7.39. The van der Waals surface area contributed by atoms with Crippen molar-refractivity contribution in [2.24, 2.45) is 7.05 Å². The summed E-state index contributed by atoms with van der Waals surface area (Å²) >= 11 is 1.41. The van der Waals surface area contributed by atoms with Crippen molar-refractivity contribution < 1.29 is 5.48 Å². The molecular weight excluding hydrogens is 126 g/mol. The van der Waals surface area contributed by atoms with Gasteiger partial charge < -0.3 is 5.48 Å². The van der Waals surface area contributed by atoms with Crippen LogP contribution in [0.25, 0.3) is 0 Å². The standard InChI is InChI=1S/C4H5NOS.H2O/c1-5-4(6)2-3-7-5;/h2-3H,1H3;1H2. The highest BCUT2D eigenvalue weighted by molar-refractivity contribution is 7.04. The Hall–Kier alpha value is -0.610. The lowest BCUT2D eigenvalue weighted by atomic mass is 10.7. The van der Waals surface area contributed by atoms with Crippen molar-refractivity contribution in [2.75, 3.05) is 0 Å². The molecule has 0 unspecified atom stereocenters. The van der Waals surface area contributed by atoms with Gasteiger partial charge in [-0.3, -0.25) is 8.75 Å². The number of aryl methyl sites for hydroxylation is 1. The van der Waals surface area contributed by atoms with Gasteiger partial charge in [-0.15, -0.1) is 0 Å². The number of aromatic nitrogens is 1. The highest BCUT2D eigenvalue weighted by Gasteiger charge is 1.82. The summed E-state index contributed by atoms with van der Waals surface area (Å²) in [4.78, 5) is 10.4. The zero-order chi connectivity index (χ0) is 5.28. The second-order valence-electron chi connectivity index (χ2n) is 1.24. The van der Waals surface area contributed by atoms with Crippen molar-refractivity contribution >= 4 is 11.5 Å². The van der Waals surface area contributed by atoms with E-state index in [2.05, 4.69) is 0 Å². The number of hydrogen-bond acceptors (Lipinski definition) is 2. The summed E-state index contributed by atoms with van der Waals surface area (Å²) < 4.78 is 1.57. The van der Waals surface area contributed by atoms with Crippen LogP contribution in [0.4, 0.5) is 0 Å². The molecule has 0 fully saturated rings. The van der Waals surface area contributed by atoms with E-state index >= 15 is 0 Å². The van der Waals surface area contributed by atoms with Gasteiger partial charge in [0.2, 0.25) is 0 Å². The topological polar surface area (TPSA) is 53.5 Å². The Kier molecular flexibility index (Phi) is 2.44. The molecule has 8 heavy (non-hydrogen) atoms. The van der Waals surface area contributed by atoms with E-state index < -0.39 is 0 Å². The molecule has 0 aliphatic heterocycles. The molecule has 1 aromatic rings. The first-order chi connectivity index (χ1) is 3.30. The third-order valence-electron chi connectivity index (χ3n) is 0.740. The van der Waals surface area contributed by atoms with Gasteiger partial charge in [-0.2, -0.15) is 0 Å². The Bertz CT molecular complexity index is 202. The molecule has 0 bridgehead atoms. The number of nitrogens with zero attached hydrogens (tertiary/aromatic N) is 1. The maximum absolute atomic E-state index is 10.4. The van der Waals surface area contributed by atoms with Crippen molar-refractivity contribution in [3.05, 3.63) is 21.8 Å². The summed E-state index contributed by atoms with van der Waals surface area (Å²) in [5.41, 5.74) is 0.0741. The van der Waals surface area contributed by atoms with Gasteiger partial charge >= 0.3 is 0 Å². The van der Waals surface area contributed by atoms with Gasteiger partial charge in [0, 0.05) is 18.5 Å². The normalized spacial score (nSPS) is 8.12.